The molecule has 2 nitrogen and oxygen atoms in total. The lowest BCUT2D eigenvalue weighted by Gasteiger charge is -2.00. The Morgan fingerprint density at radius 1 is 1.55 bits per heavy atom. The third-order valence-electron chi connectivity index (χ3n) is 1.25. The van der Waals surface area contributed by atoms with Crippen molar-refractivity contribution in [3.63, 3.8) is 0 Å². The minimum absolute atomic E-state index is 0.362. The second-order valence-electron chi connectivity index (χ2n) is 1.93. The van der Waals surface area contributed by atoms with Gasteiger partial charge in [0.25, 0.3) is 0 Å². The Labute approximate surface area is 83.1 Å². The molecular formula is C7H4ClIN2. The van der Waals surface area contributed by atoms with Gasteiger partial charge >= 0.3 is 0 Å². The maximum absolute atomic E-state index is 8.54. The molecule has 0 bridgehead atoms. The van der Waals surface area contributed by atoms with Gasteiger partial charge < -0.3 is 5.73 Å². The van der Waals surface area contributed by atoms with E-state index >= 15 is 0 Å². The Kier molecular flexibility index (Phi) is 2.58. The van der Waals surface area contributed by atoms with Gasteiger partial charge in [-0.1, -0.05) is 11.6 Å². The lowest BCUT2D eigenvalue weighted by molar-refractivity contribution is 1.48. The molecule has 0 saturated carbocycles. The Bertz CT molecular complexity index is 330. The smallest absolute Gasteiger partial charge is 0.101 e. The Morgan fingerprint density at radius 2 is 2.18 bits per heavy atom. The Morgan fingerprint density at radius 3 is 2.73 bits per heavy atom. The molecule has 11 heavy (non-hydrogen) atoms. The van der Waals surface area contributed by atoms with Crippen molar-refractivity contribution in [1.29, 1.82) is 5.26 Å². The molecule has 1 aromatic rings. The summed E-state index contributed by atoms with van der Waals surface area (Å²) in [6.07, 6.45) is 0. The summed E-state index contributed by atoms with van der Waals surface area (Å²) in [4.78, 5) is 0. The third kappa shape index (κ3) is 1.57. The van der Waals surface area contributed by atoms with Crippen LogP contribution in [0.4, 0.5) is 5.69 Å². The van der Waals surface area contributed by atoms with E-state index in [4.69, 9.17) is 22.6 Å². The van der Waals surface area contributed by atoms with Crippen LogP contribution in [0.1, 0.15) is 5.56 Å². The second-order valence-corrected chi connectivity index (χ2v) is 3.47. The summed E-state index contributed by atoms with van der Waals surface area (Å²) in [6, 6.07) is 5.37. The molecule has 0 aliphatic rings. The zero-order chi connectivity index (χ0) is 8.43. The molecule has 1 rings (SSSR count). The van der Waals surface area contributed by atoms with Crippen molar-refractivity contribution in [2.75, 3.05) is 5.73 Å². The quantitative estimate of drug-likeness (QED) is 0.585. The maximum atomic E-state index is 8.54. The van der Waals surface area contributed by atoms with Crippen LogP contribution in [-0.2, 0) is 0 Å². The number of hydrogen-bond donors (Lipinski definition) is 1. The zero-order valence-corrected chi connectivity index (χ0v) is 8.35. The van der Waals surface area contributed by atoms with E-state index in [9.17, 15) is 0 Å². The minimum atomic E-state index is 0.362. The van der Waals surface area contributed by atoms with Gasteiger partial charge in [0.1, 0.15) is 6.07 Å². The van der Waals surface area contributed by atoms with E-state index in [-0.39, 0.29) is 0 Å². The standard InChI is InChI=1S/C7H4ClIN2/c8-6-5(9)2-1-4(3-10)7(6)11/h1-2H,11H2. The van der Waals surface area contributed by atoms with Crippen molar-refractivity contribution >= 4 is 39.9 Å². The van der Waals surface area contributed by atoms with Crippen LogP contribution in [-0.4, -0.2) is 0 Å². The van der Waals surface area contributed by atoms with Gasteiger partial charge in [0.2, 0.25) is 0 Å². The van der Waals surface area contributed by atoms with Crippen LogP contribution in [0.25, 0.3) is 0 Å². The molecule has 0 radical (unpaired) electrons. The molecule has 0 spiro atoms. The van der Waals surface area contributed by atoms with Gasteiger partial charge in [-0.2, -0.15) is 5.26 Å². The number of benzene rings is 1. The molecule has 56 valence electrons. The number of nitrogens with two attached hydrogens (primary N) is 1. The molecule has 0 atom stereocenters. The first kappa shape index (κ1) is 8.62. The van der Waals surface area contributed by atoms with E-state index in [0.29, 0.717) is 16.3 Å². The number of anilines is 1. The van der Waals surface area contributed by atoms with Crippen LogP contribution in [0, 0.1) is 14.9 Å². The minimum Gasteiger partial charge on any atom is -0.396 e. The highest BCUT2D eigenvalue weighted by Crippen LogP contribution is 2.27. The first-order valence-electron chi connectivity index (χ1n) is 2.80. The molecule has 2 N–H and O–H groups in total. The van der Waals surface area contributed by atoms with Crippen LogP contribution in [0.5, 0.6) is 0 Å². The first-order valence-corrected chi connectivity index (χ1v) is 4.26. The average molecular weight is 278 g/mol. The fraction of sp³-hybridized carbons (Fsp3) is 0. The average Bonchev–Trinajstić information content (AvgIpc) is 2.01. The summed E-state index contributed by atoms with van der Waals surface area (Å²) in [7, 11) is 0. The SMILES string of the molecule is N#Cc1ccc(I)c(Cl)c1N. The fourth-order valence-corrected chi connectivity index (χ4v) is 1.30. The summed E-state index contributed by atoms with van der Waals surface area (Å²) >= 11 is 7.84. The van der Waals surface area contributed by atoms with Crippen molar-refractivity contribution in [1.82, 2.24) is 0 Å². The number of halogens is 2. The van der Waals surface area contributed by atoms with Crippen LogP contribution >= 0.6 is 34.2 Å². The molecule has 0 aliphatic carbocycles. The van der Waals surface area contributed by atoms with E-state index < -0.39 is 0 Å². The highest BCUT2D eigenvalue weighted by molar-refractivity contribution is 14.1. The predicted molar refractivity (Wildman–Crippen MR) is 53.3 cm³/mol. The fourth-order valence-electron chi connectivity index (χ4n) is 0.664. The largest absolute Gasteiger partial charge is 0.396 e. The third-order valence-corrected chi connectivity index (χ3v) is 2.88. The Balaban J connectivity index is 3.40. The molecule has 0 heterocycles. The first-order chi connectivity index (χ1) is 5.16. The number of hydrogen-bond acceptors (Lipinski definition) is 2. The number of nitriles is 1. The lowest BCUT2D eigenvalue weighted by Crippen LogP contribution is -1.92. The van der Waals surface area contributed by atoms with Crippen LogP contribution in [0.2, 0.25) is 5.02 Å². The van der Waals surface area contributed by atoms with E-state index in [2.05, 4.69) is 22.6 Å². The van der Waals surface area contributed by atoms with Crippen molar-refractivity contribution in [3.05, 3.63) is 26.3 Å². The normalized spacial score (nSPS) is 9.18. The summed E-state index contributed by atoms with van der Waals surface area (Å²) in [5.41, 5.74) is 6.32. The molecule has 4 heteroatoms. The van der Waals surface area contributed by atoms with Gasteiger partial charge in [-0.15, -0.1) is 0 Å². The Hall–Kier alpha value is -0.470. The lowest BCUT2D eigenvalue weighted by atomic mass is 10.2. The highest BCUT2D eigenvalue weighted by Gasteiger charge is 2.05. The molecule has 0 aromatic heterocycles. The van der Waals surface area contributed by atoms with Crippen LogP contribution in [0.3, 0.4) is 0 Å². The maximum Gasteiger partial charge on any atom is 0.101 e. The van der Waals surface area contributed by atoms with Gasteiger partial charge in [0, 0.05) is 3.57 Å². The summed E-state index contributed by atoms with van der Waals surface area (Å²) in [5.74, 6) is 0. The number of rotatable bonds is 0. The van der Waals surface area contributed by atoms with E-state index in [1.807, 2.05) is 6.07 Å². The predicted octanol–water partition coefficient (Wildman–Crippen LogP) is 2.40. The van der Waals surface area contributed by atoms with Crippen molar-refractivity contribution < 1.29 is 0 Å². The molecule has 0 fully saturated rings. The molecule has 0 aliphatic heterocycles. The van der Waals surface area contributed by atoms with E-state index in [1.165, 1.54) is 0 Å². The van der Waals surface area contributed by atoms with Crippen molar-refractivity contribution in [2.45, 2.75) is 0 Å². The van der Waals surface area contributed by atoms with Gasteiger partial charge in [-0.25, -0.2) is 0 Å². The van der Waals surface area contributed by atoms with Gasteiger partial charge in [-0.3, -0.25) is 0 Å². The molecular weight excluding hydrogens is 274 g/mol. The second kappa shape index (κ2) is 3.28. The summed E-state index contributed by atoms with van der Waals surface area (Å²) < 4.78 is 0.862. The van der Waals surface area contributed by atoms with Crippen LogP contribution in [0.15, 0.2) is 12.1 Å². The van der Waals surface area contributed by atoms with E-state index in [1.54, 1.807) is 12.1 Å². The van der Waals surface area contributed by atoms with Crippen molar-refractivity contribution in [3.8, 4) is 6.07 Å². The topological polar surface area (TPSA) is 49.8 Å². The monoisotopic (exact) mass is 278 g/mol. The summed E-state index contributed by atoms with van der Waals surface area (Å²) in [6.45, 7) is 0. The zero-order valence-electron chi connectivity index (χ0n) is 5.44. The van der Waals surface area contributed by atoms with Gasteiger partial charge in [0.15, 0.2) is 0 Å². The van der Waals surface area contributed by atoms with Crippen molar-refractivity contribution in [2.24, 2.45) is 0 Å². The number of nitrogens with zero attached hydrogens (tertiary/aromatic N) is 1. The molecule has 0 saturated heterocycles. The molecule has 1 aromatic carbocycles. The molecule has 0 unspecified atom stereocenters. The van der Waals surface area contributed by atoms with Gasteiger partial charge in [0.05, 0.1) is 16.3 Å². The highest BCUT2D eigenvalue weighted by atomic mass is 127. The van der Waals surface area contributed by atoms with Crippen LogP contribution < -0.4 is 5.73 Å². The van der Waals surface area contributed by atoms with Gasteiger partial charge in [-0.05, 0) is 34.7 Å². The number of nitrogen functional groups attached to an aromatic ring is 1. The van der Waals surface area contributed by atoms with E-state index in [0.717, 1.165) is 3.57 Å². The summed E-state index contributed by atoms with van der Waals surface area (Å²) in [5, 5.41) is 9.01. The molecule has 0 amide bonds.